The van der Waals surface area contributed by atoms with E-state index in [9.17, 15) is 17.6 Å². The molecule has 0 N–H and O–H groups in total. The number of benzene rings is 6. The van der Waals surface area contributed by atoms with E-state index < -0.39 is 208 Å². The molecule has 0 saturated heterocycles. The Kier molecular flexibility index (Phi) is 8.59. The third kappa shape index (κ3) is 5.09. The van der Waals surface area contributed by atoms with Gasteiger partial charge in [-0.25, -0.2) is 65.9 Å². The van der Waals surface area contributed by atoms with Crippen molar-refractivity contribution in [3.63, 3.8) is 0 Å². The van der Waals surface area contributed by atoms with Gasteiger partial charge < -0.3 is 9.31 Å². The van der Waals surface area contributed by atoms with E-state index in [1.807, 2.05) is 0 Å². The highest BCUT2D eigenvalue weighted by Gasteiger charge is 2.58. The van der Waals surface area contributed by atoms with Crippen molar-refractivity contribution in [2.75, 3.05) is 0 Å². The van der Waals surface area contributed by atoms with Crippen LogP contribution in [-0.4, -0.2) is 7.12 Å². The molecule has 0 heterocycles. The quantitative estimate of drug-likeness (QED) is 0.0742. The predicted octanol–water partition coefficient (Wildman–Crippen LogP) is 11.2. The van der Waals surface area contributed by atoms with Crippen molar-refractivity contribution < 1.29 is 92.7 Å². The molecule has 61 heavy (non-hydrogen) atoms. The van der Waals surface area contributed by atoms with Crippen LogP contribution in [-0.2, 0) is 18.8 Å². The zero-order valence-electron chi connectivity index (χ0n) is 28.8. The van der Waals surface area contributed by atoms with E-state index in [-0.39, 0.29) is 0 Å². The van der Waals surface area contributed by atoms with Crippen LogP contribution >= 0.6 is 0 Å². The van der Waals surface area contributed by atoms with Crippen LogP contribution in [0.4, 0.5) is 83.4 Å². The second-order valence-corrected chi connectivity index (χ2v) is 13.6. The fraction of sp³-hybridized carbons (Fsp3) is 0.0769. The molecule has 0 spiro atoms. The van der Waals surface area contributed by atoms with Crippen LogP contribution in [0.15, 0.2) is 24.3 Å². The molecule has 312 valence electrons. The Hall–Kier alpha value is -6.35. The first-order valence-electron chi connectivity index (χ1n) is 16.7. The second-order valence-electron chi connectivity index (χ2n) is 13.6. The van der Waals surface area contributed by atoms with Gasteiger partial charge in [-0.2, -0.15) is 17.6 Å². The van der Waals surface area contributed by atoms with Crippen molar-refractivity contribution in [1.82, 2.24) is 0 Å². The van der Waals surface area contributed by atoms with E-state index in [0.717, 1.165) is 12.1 Å². The molecule has 3 aliphatic carbocycles. The van der Waals surface area contributed by atoms with E-state index >= 15 is 65.9 Å². The predicted molar refractivity (Wildman–Crippen MR) is 170 cm³/mol. The SMILES string of the molecule is Fc1ccc2c(c1F)-c1c(F)c(F)c(F)c(OB(Oc3c(F)c(F)c(F)c4c3Cc3ccc(F)c(F)c3-4)c3c(F)c(F)c(F)c4c3C(F)(F)c3c(F)c(F)c(F)c(F)c3-4)c1C2. The summed E-state index contributed by atoms with van der Waals surface area (Å²) < 4.78 is 302. The number of fused-ring (bicyclic) bond motifs is 9. The van der Waals surface area contributed by atoms with Crippen molar-refractivity contribution in [2.45, 2.75) is 18.8 Å². The summed E-state index contributed by atoms with van der Waals surface area (Å²) in [6, 6.07) is 2.42. The largest absolute Gasteiger partial charge is 0.636 e. The number of rotatable bonds is 5. The fourth-order valence-corrected chi connectivity index (χ4v) is 7.97. The molecule has 0 fully saturated rings. The lowest BCUT2D eigenvalue weighted by atomic mass is 9.72. The molecule has 0 radical (unpaired) electrons. The normalized spacial score (nSPS) is 13.8. The Morgan fingerprint density at radius 2 is 0.721 bits per heavy atom. The van der Waals surface area contributed by atoms with Crippen LogP contribution in [0.1, 0.15) is 33.4 Å². The molecule has 0 aromatic heterocycles. The van der Waals surface area contributed by atoms with Gasteiger partial charge in [-0.15, -0.1) is 0 Å². The standard InChI is InChI=1S/C39H8BF19O2/c41-11-3-1-7-5-9-15(13(7)22(11)43)24(45)32(53)35(56)37(9)60-40(61-38-10-6-8-2-4-12(42)23(44)14(8)16(10)25(46)33(54)36(38)57)21-19-17(26(47)30(51)29(21)50)18-20(39(19,58)59)28(49)34(55)31(52)27(18)48/h1-4H,5-6H2. The maximum absolute atomic E-state index is 16.4. The summed E-state index contributed by atoms with van der Waals surface area (Å²) in [6.07, 6.45) is -2.05. The summed E-state index contributed by atoms with van der Waals surface area (Å²) in [5, 5.41) is 0. The van der Waals surface area contributed by atoms with Crippen molar-refractivity contribution in [2.24, 2.45) is 0 Å². The van der Waals surface area contributed by atoms with Crippen molar-refractivity contribution >= 4 is 12.6 Å². The monoisotopic (exact) mass is 880 g/mol. The van der Waals surface area contributed by atoms with Crippen LogP contribution < -0.4 is 14.8 Å². The van der Waals surface area contributed by atoms with Gasteiger partial charge in [-0.3, -0.25) is 0 Å². The first-order valence-corrected chi connectivity index (χ1v) is 16.7. The van der Waals surface area contributed by atoms with Gasteiger partial charge in [-0.1, -0.05) is 12.1 Å². The van der Waals surface area contributed by atoms with E-state index in [2.05, 4.69) is 0 Å². The van der Waals surface area contributed by atoms with Crippen LogP contribution in [0.2, 0.25) is 0 Å². The Bertz CT molecular complexity index is 2930. The zero-order valence-corrected chi connectivity index (χ0v) is 28.8. The van der Waals surface area contributed by atoms with Gasteiger partial charge in [0.05, 0.1) is 11.0 Å². The molecule has 0 saturated carbocycles. The molecule has 9 rings (SSSR count). The Labute approximate surface area is 325 Å². The van der Waals surface area contributed by atoms with Gasteiger partial charge in [0.25, 0.3) is 0 Å². The van der Waals surface area contributed by atoms with Gasteiger partial charge in [0, 0.05) is 62.9 Å². The zero-order chi connectivity index (χ0) is 44.2. The van der Waals surface area contributed by atoms with Crippen molar-refractivity contribution in [3.05, 3.63) is 157 Å². The van der Waals surface area contributed by atoms with Gasteiger partial charge in [0.2, 0.25) is 11.6 Å². The van der Waals surface area contributed by atoms with Gasteiger partial charge >= 0.3 is 13.0 Å². The van der Waals surface area contributed by atoms with Gasteiger partial charge in [0.15, 0.2) is 87.3 Å². The van der Waals surface area contributed by atoms with Crippen LogP contribution in [0.5, 0.6) is 11.5 Å². The molecular formula is C39H8BF19O2. The number of hydrogen-bond acceptors (Lipinski definition) is 2. The van der Waals surface area contributed by atoms with Crippen LogP contribution in [0.25, 0.3) is 33.4 Å². The molecule has 3 aliphatic rings. The summed E-state index contributed by atoms with van der Waals surface area (Å²) in [4.78, 5) is 0. The topological polar surface area (TPSA) is 18.5 Å². The highest BCUT2D eigenvalue weighted by molar-refractivity contribution is 6.64. The lowest BCUT2D eigenvalue weighted by Gasteiger charge is -2.25. The fourth-order valence-electron chi connectivity index (χ4n) is 7.97. The maximum atomic E-state index is 16.4. The molecule has 2 nitrogen and oxygen atoms in total. The highest BCUT2D eigenvalue weighted by Crippen LogP contribution is 2.56. The molecule has 0 unspecified atom stereocenters. The summed E-state index contributed by atoms with van der Waals surface area (Å²) in [5.74, 6) is -52.1. The Morgan fingerprint density at radius 1 is 0.361 bits per heavy atom. The third-order valence-corrected chi connectivity index (χ3v) is 10.5. The maximum Gasteiger partial charge on any atom is 0.636 e. The summed E-state index contributed by atoms with van der Waals surface area (Å²) in [5.41, 5.74) is -20.5. The first kappa shape index (κ1) is 40.1. The summed E-state index contributed by atoms with van der Waals surface area (Å²) in [6.45, 7) is 0. The smallest absolute Gasteiger partial charge is 0.519 e. The van der Waals surface area contributed by atoms with Crippen LogP contribution in [0.3, 0.4) is 0 Å². The number of hydrogen-bond donors (Lipinski definition) is 0. The number of halogens is 19. The Balaban J connectivity index is 1.37. The lowest BCUT2D eigenvalue weighted by Crippen LogP contribution is -2.49. The molecule has 0 amide bonds. The highest BCUT2D eigenvalue weighted by atomic mass is 19.3. The summed E-state index contributed by atoms with van der Waals surface area (Å²) >= 11 is 0. The van der Waals surface area contributed by atoms with Gasteiger partial charge in [-0.05, 0) is 23.3 Å². The molecule has 6 aromatic carbocycles. The number of alkyl halides is 2. The minimum Gasteiger partial charge on any atom is -0.519 e. The van der Waals surface area contributed by atoms with E-state index in [1.165, 1.54) is 0 Å². The minimum atomic E-state index is -5.60. The average Bonchev–Trinajstić information content (AvgIpc) is 3.88. The minimum absolute atomic E-state index is 0.458. The Morgan fingerprint density at radius 3 is 1.16 bits per heavy atom. The molecule has 22 heteroatoms. The summed E-state index contributed by atoms with van der Waals surface area (Å²) in [7, 11) is -3.80. The van der Waals surface area contributed by atoms with Crippen molar-refractivity contribution in [1.29, 1.82) is 0 Å². The first-order chi connectivity index (χ1) is 28.6. The van der Waals surface area contributed by atoms with Crippen LogP contribution in [0, 0.1) is 98.9 Å². The van der Waals surface area contributed by atoms with E-state index in [0.29, 0.717) is 12.1 Å². The molecule has 0 aliphatic heterocycles. The third-order valence-electron chi connectivity index (χ3n) is 10.5. The molecule has 0 atom stereocenters. The second kappa shape index (κ2) is 13.1. The van der Waals surface area contributed by atoms with E-state index in [1.54, 1.807) is 0 Å². The molecule has 0 bridgehead atoms. The molecular weight excluding hydrogens is 872 g/mol. The average molecular weight is 880 g/mol. The lowest BCUT2D eigenvalue weighted by molar-refractivity contribution is 0.0433. The molecule has 6 aromatic rings. The van der Waals surface area contributed by atoms with Gasteiger partial charge in [0.1, 0.15) is 11.5 Å². The van der Waals surface area contributed by atoms with E-state index in [4.69, 9.17) is 9.31 Å². The van der Waals surface area contributed by atoms with Crippen molar-refractivity contribution in [3.8, 4) is 44.9 Å².